The molecule has 0 nitrogen and oxygen atoms in total. The van der Waals surface area contributed by atoms with Crippen LogP contribution in [-0.4, -0.2) is 10.8 Å². The number of halogens is 2. The lowest BCUT2D eigenvalue weighted by Crippen LogP contribution is -2.50. The lowest BCUT2D eigenvalue weighted by molar-refractivity contribution is -0.0234. The second-order valence-corrected chi connectivity index (χ2v) is 9.83. The van der Waals surface area contributed by atoms with Crippen molar-refractivity contribution < 1.29 is 0 Å². The van der Waals surface area contributed by atoms with E-state index in [0.717, 1.165) is 24.2 Å². The van der Waals surface area contributed by atoms with Crippen molar-refractivity contribution in [2.45, 2.75) is 76.0 Å². The van der Waals surface area contributed by atoms with Crippen LogP contribution in [0.5, 0.6) is 0 Å². The van der Waals surface area contributed by atoms with E-state index >= 15 is 0 Å². The van der Waals surface area contributed by atoms with Crippen molar-refractivity contribution in [3.8, 4) is 0 Å². The molecular weight excluding hydrogens is 299 g/mol. The molecule has 0 saturated heterocycles. The normalized spacial score (nSPS) is 56.2. The number of hydrogen-bond acceptors (Lipinski definition) is 0. The van der Waals surface area contributed by atoms with E-state index < -0.39 is 0 Å². The molecule has 2 heteroatoms. The minimum absolute atomic E-state index is 0.383. The summed E-state index contributed by atoms with van der Waals surface area (Å²) in [5, 5.41) is 0.800. The van der Waals surface area contributed by atoms with Crippen molar-refractivity contribution in [3.63, 3.8) is 0 Å². The van der Waals surface area contributed by atoms with Crippen LogP contribution in [0.2, 0.25) is 0 Å². The molecule has 0 bridgehead atoms. The zero-order valence-corrected chi connectivity index (χ0v) is 14.9. The van der Waals surface area contributed by atoms with Crippen LogP contribution in [0.1, 0.15) is 65.2 Å². The molecule has 7 atom stereocenters. The fourth-order valence-electron chi connectivity index (χ4n) is 6.55. The summed E-state index contributed by atoms with van der Waals surface area (Å²) in [5.41, 5.74) is 2.55. The van der Waals surface area contributed by atoms with Crippen LogP contribution in [0, 0.1) is 28.6 Å². The van der Waals surface area contributed by atoms with E-state index in [1.807, 2.05) is 0 Å². The third kappa shape index (κ3) is 2.01. The Hall–Kier alpha value is 0.320. The quantitative estimate of drug-likeness (QED) is 0.369. The molecule has 0 aromatic rings. The maximum atomic E-state index is 6.72. The van der Waals surface area contributed by atoms with Crippen molar-refractivity contribution in [2.24, 2.45) is 28.6 Å². The van der Waals surface area contributed by atoms with Crippen molar-refractivity contribution in [2.75, 3.05) is 0 Å². The van der Waals surface area contributed by atoms with Crippen LogP contribution in [0.15, 0.2) is 11.6 Å². The first kappa shape index (κ1) is 14.9. The molecule has 3 fully saturated rings. The van der Waals surface area contributed by atoms with E-state index in [-0.39, 0.29) is 0 Å². The maximum Gasteiger partial charge on any atom is 0.0392 e. The molecular formula is C19H28Cl2. The molecule has 0 aromatic heterocycles. The topological polar surface area (TPSA) is 0 Å². The molecule has 118 valence electrons. The van der Waals surface area contributed by atoms with Crippen molar-refractivity contribution in [1.29, 1.82) is 0 Å². The lowest BCUT2D eigenvalue weighted by Gasteiger charge is -2.57. The van der Waals surface area contributed by atoms with Crippen molar-refractivity contribution in [3.05, 3.63) is 11.6 Å². The summed E-state index contributed by atoms with van der Waals surface area (Å²) in [5.74, 6) is 2.64. The summed E-state index contributed by atoms with van der Waals surface area (Å²) in [6.07, 6.45) is 12.9. The molecule has 0 radical (unpaired) electrons. The first-order valence-electron chi connectivity index (χ1n) is 8.93. The molecule has 0 N–H and O–H groups in total. The zero-order chi connectivity index (χ0) is 14.8. The minimum Gasteiger partial charge on any atom is -0.123 e. The van der Waals surface area contributed by atoms with Gasteiger partial charge < -0.3 is 0 Å². The van der Waals surface area contributed by atoms with Crippen LogP contribution < -0.4 is 0 Å². The fourth-order valence-corrected chi connectivity index (χ4v) is 7.22. The van der Waals surface area contributed by atoms with Crippen LogP contribution in [0.4, 0.5) is 0 Å². The third-order valence-corrected chi connectivity index (χ3v) is 9.02. The van der Waals surface area contributed by atoms with Gasteiger partial charge in [0.15, 0.2) is 0 Å². The second kappa shape index (κ2) is 4.91. The fraction of sp³-hybridized carbons (Fsp3) is 0.895. The van der Waals surface area contributed by atoms with Crippen LogP contribution >= 0.6 is 23.2 Å². The Bertz CT molecular complexity index is 470. The van der Waals surface area contributed by atoms with Gasteiger partial charge in [0, 0.05) is 10.8 Å². The predicted molar refractivity (Wildman–Crippen MR) is 91.0 cm³/mol. The van der Waals surface area contributed by atoms with Crippen LogP contribution in [0.25, 0.3) is 0 Å². The SMILES string of the molecule is CC12CCC(Cl)CC1=CCC1C2CCC2(C)C(Cl)CCC12. The zero-order valence-electron chi connectivity index (χ0n) is 13.4. The molecule has 7 unspecified atom stereocenters. The molecule has 4 aliphatic carbocycles. The van der Waals surface area contributed by atoms with Gasteiger partial charge in [-0.2, -0.15) is 0 Å². The Morgan fingerprint density at radius 1 is 1.00 bits per heavy atom. The van der Waals surface area contributed by atoms with Crippen molar-refractivity contribution in [1.82, 2.24) is 0 Å². The van der Waals surface area contributed by atoms with E-state index in [2.05, 4.69) is 19.9 Å². The first-order valence-corrected chi connectivity index (χ1v) is 9.80. The Kier molecular flexibility index (Phi) is 3.48. The van der Waals surface area contributed by atoms with Gasteiger partial charge in [-0.15, -0.1) is 23.2 Å². The standard InChI is InChI=1S/C19H28Cl2/c1-18-9-7-13(20)11-12(18)3-4-14-15-5-6-17(21)19(15,2)10-8-16(14)18/h3,13-17H,4-11H2,1-2H3. The van der Waals surface area contributed by atoms with Gasteiger partial charge in [-0.1, -0.05) is 25.5 Å². The number of allylic oxidation sites excluding steroid dienone is 2. The van der Waals surface area contributed by atoms with Gasteiger partial charge in [0.05, 0.1) is 0 Å². The highest BCUT2D eigenvalue weighted by Gasteiger charge is 2.58. The van der Waals surface area contributed by atoms with Gasteiger partial charge in [-0.25, -0.2) is 0 Å². The summed E-state index contributed by atoms with van der Waals surface area (Å²) in [6, 6.07) is 0. The molecule has 21 heavy (non-hydrogen) atoms. The van der Waals surface area contributed by atoms with E-state index in [9.17, 15) is 0 Å². The molecule has 4 aliphatic rings. The number of alkyl halides is 2. The molecule has 0 heterocycles. The molecule has 3 saturated carbocycles. The monoisotopic (exact) mass is 326 g/mol. The Balaban J connectivity index is 1.68. The first-order chi connectivity index (χ1) is 9.95. The maximum absolute atomic E-state index is 6.72. The summed E-state index contributed by atoms with van der Waals surface area (Å²) in [6.45, 7) is 5.03. The predicted octanol–water partition coefficient (Wildman–Crippen LogP) is 6.16. The van der Waals surface area contributed by atoms with Gasteiger partial charge in [-0.3, -0.25) is 0 Å². The van der Waals surface area contributed by atoms with E-state index in [0.29, 0.717) is 21.6 Å². The number of hydrogen-bond donors (Lipinski definition) is 0. The van der Waals surface area contributed by atoms with E-state index in [1.165, 1.54) is 44.9 Å². The number of rotatable bonds is 0. The lowest BCUT2D eigenvalue weighted by atomic mass is 9.48. The minimum atomic E-state index is 0.383. The largest absolute Gasteiger partial charge is 0.123 e. The highest BCUT2D eigenvalue weighted by molar-refractivity contribution is 6.21. The third-order valence-electron chi connectivity index (χ3n) is 7.93. The van der Waals surface area contributed by atoms with Gasteiger partial charge in [0.25, 0.3) is 0 Å². The average Bonchev–Trinajstić information content (AvgIpc) is 2.76. The molecule has 4 rings (SSSR count). The molecule has 0 aromatic carbocycles. The van der Waals surface area contributed by atoms with Crippen molar-refractivity contribution >= 4 is 23.2 Å². The Morgan fingerprint density at radius 2 is 1.81 bits per heavy atom. The molecule has 0 aliphatic heterocycles. The van der Waals surface area contributed by atoms with Gasteiger partial charge in [-0.05, 0) is 80.0 Å². The summed E-state index contributed by atoms with van der Waals surface area (Å²) >= 11 is 13.2. The van der Waals surface area contributed by atoms with E-state index in [1.54, 1.807) is 5.57 Å². The van der Waals surface area contributed by atoms with Gasteiger partial charge in [0.1, 0.15) is 0 Å². The summed E-state index contributed by atoms with van der Waals surface area (Å²) < 4.78 is 0. The number of fused-ring (bicyclic) bond motifs is 5. The molecule has 0 spiro atoms. The smallest absolute Gasteiger partial charge is 0.0392 e. The van der Waals surface area contributed by atoms with Gasteiger partial charge >= 0.3 is 0 Å². The second-order valence-electron chi connectivity index (χ2n) is 8.69. The van der Waals surface area contributed by atoms with Gasteiger partial charge in [0.2, 0.25) is 0 Å². The summed E-state index contributed by atoms with van der Waals surface area (Å²) in [7, 11) is 0. The highest BCUT2D eigenvalue weighted by atomic mass is 35.5. The molecule has 0 amide bonds. The van der Waals surface area contributed by atoms with E-state index in [4.69, 9.17) is 23.2 Å². The Morgan fingerprint density at radius 3 is 2.62 bits per heavy atom. The van der Waals surface area contributed by atoms with Crippen LogP contribution in [-0.2, 0) is 0 Å². The van der Waals surface area contributed by atoms with Crippen LogP contribution in [0.3, 0.4) is 0 Å². The summed E-state index contributed by atoms with van der Waals surface area (Å²) in [4.78, 5) is 0. The highest BCUT2D eigenvalue weighted by Crippen LogP contribution is 2.65. The Labute approximate surface area is 139 Å². The average molecular weight is 327 g/mol.